The van der Waals surface area contributed by atoms with Crippen LogP contribution in [0, 0.1) is 26.6 Å². The zero-order chi connectivity index (χ0) is 19.0. The second-order valence-electron chi connectivity index (χ2n) is 6.22. The number of aryl methyl sites for hydroxylation is 3. The first-order valence-electron chi connectivity index (χ1n) is 8.14. The van der Waals surface area contributed by atoms with Crippen LogP contribution in [-0.4, -0.2) is 34.9 Å². The molecule has 7 heteroatoms. The molecule has 0 saturated heterocycles. The van der Waals surface area contributed by atoms with Gasteiger partial charge in [-0.25, -0.2) is 14.4 Å². The van der Waals surface area contributed by atoms with Gasteiger partial charge in [-0.05, 0) is 44.0 Å². The molecule has 0 radical (unpaired) electrons. The van der Waals surface area contributed by atoms with Crippen LogP contribution in [0.15, 0.2) is 18.2 Å². The Kier molecular flexibility index (Phi) is 4.91. The summed E-state index contributed by atoms with van der Waals surface area (Å²) >= 11 is 1.37. The standard InChI is InChI=1S/C19H20FN3O2S/c1-10-16-11(2)21-12(3)22-18(16)26-17(10)19(24)23(4)9-13-6-7-15(25-5)14(20)8-13/h6-8H,9H2,1-5H3. The molecule has 0 atom stereocenters. The van der Waals surface area contributed by atoms with Gasteiger partial charge in [0.1, 0.15) is 10.7 Å². The van der Waals surface area contributed by atoms with Crippen molar-refractivity contribution in [3.8, 4) is 5.75 Å². The number of hydrogen-bond donors (Lipinski definition) is 0. The van der Waals surface area contributed by atoms with Gasteiger partial charge in [0.25, 0.3) is 5.91 Å². The number of fused-ring (bicyclic) bond motifs is 1. The molecule has 3 rings (SSSR count). The molecule has 136 valence electrons. The third-order valence-corrected chi connectivity index (χ3v) is 5.43. The van der Waals surface area contributed by atoms with E-state index in [-0.39, 0.29) is 11.7 Å². The van der Waals surface area contributed by atoms with Gasteiger partial charge in [-0.3, -0.25) is 4.79 Å². The molecule has 0 bridgehead atoms. The van der Waals surface area contributed by atoms with Gasteiger partial charge in [0.2, 0.25) is 0 Å². The Morgan fingerprint density at radius 2 is 2.00 bits per heavy atom. The second kappa shape index (κ2) is 6.99. The van der Waals surface area contributed by atoms with Crippen LogP contribution in [0.2, 0.25) is 0 Å². The molecular weight excluding hydrogens is 353 g/mol. The fraction of sp³-hybridized carbons (Fsp3) is 0.316. The lowest BCUT2D eigenvalue weighted by molar-refractivity contribution is 0.0789. The van der Waals surface area contributed by atoms with Crippen LogP contribution in [0.3, 0.4) is 0 Å². The molecule has 0 fully saturated rings. The highest BCUT2D eigenvalue weighted by atomic mass is 32.1. The van der Waals surface area contributed by atoms with Gasteiger partial charge < -0.3 is 9.64 Å². The number of thiophene rings is 1. The van der Waals surface area contributed by atoms with Crippen molar-refractivity contribution >= 4 is 27.5 Å². The summed E-state index contributed by atoms with van der Waals surface area (Å²) in [6, 6.07) is 4.71. The van der Waals surface area contributed by atoms with Gasteiger partial charge in [0, 0.05) is 24.7 Å². The second-order valence-corrected chi connectivity index (χ2v) is 7.22. The summed E-state index contributed by atoms with van der Waals surface area (Å²) in [5.74, 6) is 0.328. The van der Waals surface area contributed by atoms with Crippen LogP contribution < -0.4 is 4.74 Å². The number of ether oxygens (including phenoxy) is 1. The minimum Gasteiger partial charge on any atom is -0.494 e. The molecule has 0 unspecified atom stereocenters. The largest absolute Gasteiger partial charge is 0.494 e. The van der Waals surface area contributed by atoms with Crippen LogP contribution in [0.5, 0.6) is 5.75 Å². The van der Waals surface area contributed by atoms with E-state index in [0.29, 0.717) is 22.8 Å². The fourth-order valence-corrected chi connectivity index (χ4v) is 4.28. The number of aromatic nitrogens is 2. The van der Waals surface area contributed by atoms with E-state index in [0.717, 1.165) is 21.5 Å². The monoisotopic (exact) mass is 373 g/mol. The molecule has 1 amide bonds. The van der Waals surface area contributed by atoms with Crippen molar-refractivity contribution < 1.29 is 13.9 Å². The first kappa shape index (κ1) is 18.3. The van der Waals surface area contributed by atoms with E-state index in [4.69, 9.17) is 4.74 Å². The van der Waals surface area contributed by atoms with Crippen LogP contribution in [0.25, 0.3) is 10.2 Å². The molecule has 2 aromatic heterocycles. The van der Waals surface area contributed by atoms with Crippen molar-refractivity contribution in [3.63, 3.8) is 0 Å². The van der Waals surface area contributed by atoms with Gasteiger partial charge in [-0.2, -0.15) is 0 Å². The number of hydrogen-bond acceptors (Lipinski definition) is 5. The van der Waals surface area contributed by atoms with Crippen molar-refractivity contribution in [1.29, 1.82) is 0 Å². The fourth-order valence-electron chi connectivity index (χ4n) is 3.00. The number of amides is 1. The quantitative estimate of drug-likeness (QED) is 0.693. The molecule has 26 heavy (non-hydrogen) atoms. The van der Waals surface area contributed by atoms with E-state index in [1.807, 2.05) is 20.8 Å². The Labute approximate surface area is 155 Å². The van der Waals surface area contributed by atoms with E-state index < -0.39 is 5.82 Å². The number of carbonyl (C=O) groups excluding carboxylic acids is 1. The summed E-state index contributed by atoms with van der Waals surface area (Å²) in [6.45, 7) is 5.98. The first-order chi connectivity index (χ1) is 12.3. The number of rotatable bonds is 4. The zero-order valence-corrected chi connectivity index (χ0v) is 16.2. The van der Waals surface area contributed by atoms with Crippen molar-refractivity contribution in [2.24, 2.45) is 0 Å². The average Bonchev–Trinajstić information content (AvgIpc) is 2.91. The van der Waals surface area contributed by atoms with Crippen LogP contribution in [0.4, 0.5) is 4.39 Å². The van der Waals surface area contributed by atoms with E-state index in [2.05, 4.69) is 9.97 Å². The Morgan fingerprint density at radius 3 is 2.65 bits per heavy atom. The Morgan fingerprint density at radius 1 is 1.27 bits per heavy atom. The molecule has 1 aromatic carbocycles. The summed E-state index contributed by atoms with van der Waals surface area (Å²) in [5.41, 5.74) is 2.46. The average molecular weight is 373 g/mol. The lowest BCUT2D eigenvalue weighted by Gasteiger charge is -2.17. The maximum Gasteiger partial charge on any atom is 0.264 e. The van der Waals surface area contributed by atoms with Crippen molar-refractivity contribution in [2.75, 3.05) is 14.2 Å². The van der Waals surface area contributed by atoms with Crippen LogP contribution in [0.1, 0.15) is 32.3 Å². The van der Waals surface area contributed by atoms with E-state index in [9.17, 15) is 9.18 Å². The highest BCUT2D eigenvalue weighted by Crippen LogP contribution is 2.32. The van der Waals surface area contributed by atoms with Gasteiger partial charge in [-0.15, -0.1) is 11.3 Å². The summed E-state index contributed by atoms with van der Waals surface area (Å²) in [5, 5.41) is 0.938. The number of methoxy groups -OCH3 is 1. The molecule has 0 spiro atoms. The minimum absolute atomic E-state index is 0.112. The molecule has 2 heterocycles. The lowest BCUT2D eigenvalue weighted by Crippen LogP contribution is -2.26. The predicted molar refractivity (Wildman–Crippen MR) is 100 cm³/mol. The number of benzene rings is 1. The molecule has 0 aliphatic carbocycles. The van der Waals surface area contributed by atoms with E-state index in [1.54, 1.807) is 24.1 Å². The maximum atomic E-state index is 13.9. The lowest BCUT2D eigenvalue weighted by atomic mass is 10.1. The Hall–Kier alpha value is -2.54. The molecule has 0 aliphatic rings. The molecular formula is C19H20FN3O2S. The summed E-state index contributed by atoms with van der Waals surface area (Å²) in [4.78, 5) is 24.8. The van der Waals surface area contributed by atoms with Gasteiger partial charge >= 0.3 is 0 Å². The topological polar surface area (TPSA) is 55.3 Å². The molecule has 0 aliphatic heterocycles. The van der Waals surface area contributed by atoms with Gasteiger partial charge in [0.15, 0.2) is 11.6 Å². The van der Waals surface area contributed by atoms with Crippen molar-refractivity contribution in [3.05, 3.63) is 51.5 Å². The summed E-state index contributed by atoms with van der Waals surface area (Å²) in [6.07, 6.45) is 0. The number of halogens is 1. The van der Waals surface area contributed by atoms with Crippen LogP contribution >= 0.6 is 11.3 Å². The Bertz CT molecular complexity index is 1000. The minimum atomic E-state index is -0.440. The molecule has 3 aromatic rings. The highest BCUT2D eigenvalue weighted by molar-refractivity contribution is 7.20. The third-order valence-electron chi connectivity index (χ3n) is 4.26. The number of nitrogens with zero attached hydrogens (tertiary/aromatic N) is 3. The SMILES string of the molecule is COc1ccc(CN(C)C(=O)c2sc3nc(C)nc(C)c3c2C)cc1F. The van der Waals surface area contributed by atoms with Crippen LogP contribution in [-0.2, 0) is 6.54 Å². The molecule has 0 saturated carbocycles. The molecule has 5 nitrogen and oxygen atoms in total. The van der Waals surface area contributed by atoms with Gasteiger partial charge in [-0.1, -0.05) is 6.07 Å². The van der Waals surface area contributed by atoms with Crippen molar-refractivity contribution in [2.45, 2.75) is 27.3 Å². The van der Waals surface area contributed by atoms with Gasteiger partial charge in [0.05, 0.1) is 12.0 Å². The van der Waals surface area contributed by atoms with Crippen molar-refractivity contribution in [1.82, 2.24) is 14.9 Å². The third kappa shape index (κ3) is 3.26. The summed E-state index contributed by atoms with van der Waals surface area (Å²) in [7, 11) is 3.13. The maximum absolute atomic E-state index is 13.9. The predicted octanol–water partition coefficient (Wildman–Crippen LogP) is 4.04. The highest BCUT2D eigenvalue weighted by Gasteiger charge is 2.21. The first-order valence-corrected chi connectivity index (χ1v) is 8.95. The smallest absolute Gasteiger partial charge is 0.264 e. The Balaban J connectivity index is 1.89. The van der Waals surface area contributed by atoms with E-state index >= 15 is 0 Å². The number of carbonyl (C=O) groups is 1. The molecule has 0 N–H and O–H groups in total. The summed E-state index contributed by atoms with van der Waals surface area (Å²) < 4.78 is 18.8. The zero-order valence-electron chi connectivity index (χ0n) is 15.4. The van der Waals surface area contributed by atoms with E-state index in [1.165, 1.54) is 24.5 Å². The normalized spacial score (nSPS) is 11.0.